The molecule has 3 rings (SSSR count). The summed E-state index contributed by atoms with van der Waals surface area (Å²) < 4.78 is 5.97. The second kappa shape index (κ2) is 9.21. The normalized spacial score (nSPS) is 22.7. The van der Waals surface area contributed by atoms with Crippen LogP contribution in [0.1, 0.15) is 65.3 Å². The first-order valence-electron chi connectivity index (χ1n) is 10.8. The summed E-state index contributed by atoms with van der Waals surface area (Å²) in [7, 11) is 0. The van der Waals surface area contributed by atoms with Gasteiger partial charge in [-0.15, -0.1) is 10.2 Å². The van der Waals surface area contributed by atoms with Crippen molar-refractivity contribution in [2.75, 3.05) is 6.54 Å². The number of nitrogens with zero attached hydrogens (tertiary/aromatic N) is 3. The highest BCUT2D eigenvalue weighted by Gasteiger charge is 2.32. The number of rotatable bonds is 7. The molecule has 3 unspecified atom stereocenters. The Morgan fingerprint density at radius 3 is 2.52 bits per heavy atom. The number of aromatic nitrogens is 3. The molecule has 5 nitrogen and oxygen atoms in total. The molecule has 3 atom stereocenters. The second-order valence-electron chi connectivity index (χ2n) is 9.86. The predicted octanol–water partition coefficient (Wildman–Crippen LogP) is 4.95. The van der Waals surface area contributed by atoms with Gasteiger partial charge in [0, 0.05) is 37.3 Å². The van der Waals surface area contributed by atoms with Crippen molar-refractivity contribution in [1.29, 1.82) is 0 Å². The second-order valence-corrected chi connectivity index (χ2v) is 9.86. The molecule has 0 saturated carbocycles. The maximum atomic E-state index is 5.97. The Kier molecular flexibility index (Phi) is 6.89. The largest absolute Gasteiger partial charge is 0.425 e. The van der Waals surface area contributed by atoms with Crippen LogP contribution >= 0.6 is 0 Å². The van der Waals surface area contributed by atoms with Crippen LogP contribution in [0, 0.1) is 23.7 Å². The van der Waals surface area contributed by atoms with Gasteiger partial charge in [-0.2, -0.15) is 0 Å². The third-order valence-corrected chi connectivity index (χ3v) is 6.07. The molecule has 158 valence electrons. The van der Waals surface area contributed by atoms with Gasteiger partial charge in [-0.25, -0.2) is 0 Å². The van der Waals surface area contributed by atoms with Gasteiger partial charge in [-0.1, -0.05) is 46.3 Å². The van der Waals surface area contributed by atoms with Gasteiger partial charge in [0.15, 0.2) is 0 Å². The monoisotopic (exact) mass is 396 g/mol. The van der Waals surface area contributed by atoms with E-state index in [0.717, 1.165) is 31.3 Å². The van der Waals surface area contributed by atoms with Gasteiger partial charge < -0.3 is 9.73 Å². The Balaban J connectivity index is 1.64. The SMILES string of the molecule is CC1=CC(CNCc2ccncc2)C(C(C)C)CC1Cc1nnc(C(C)(C)C)o1. The van der Waals surface area contributed by atoms with Gasteiger partial charge in [0.2, 0.25) is 11.8 Å². The standard InChI is InChI=1S/C24H36N4O/c1-16(2)21-12-19(13-22-27-28-23(29-22)24(4,5)6)17(3)11-20(21)15-26-14-18-7-9-25-10-8-18/h7-11,16,19-21,26H,12-15H2,1-6H3. The molecule has 1 aliphatic carbocycles. The number of nitrogens with one attached hydrogen (secondary N) is 1. The van der Waals surface area contributed by atoms with Crippen LogP contribution in [0.4, 0.5) is 0 Å². The van der Waals surface area contributed by atoms with Crippen molar-refractivity contribution in [2.45, 2.75) is 66.3 Å². The minimum absolute atomic E-state index is 0.102. The van der Waals surface area contributed by atoms with Crippen LogP contribution < -0.4 is 5.32 Å². The first-order chi connectivity index (χ1) is 13.7. The van der Waals surface area contributed by atoms with Gasteiger partial charge in [0.05, 0.1) is 0 Å². The highest BCUT2D eigenvalue weighted by atomic mass is 16.4. The maximum absolute atomic E-state index is 5.97. The molecular formula is C24H36N4O. The average molecular weight is 397 g/mol. The van der Waals surface area contributed by atoms with Crippen molar-refractivity contribution < 1.29 is 4.42 Å². The van der Waals surface area contributed by atoms with Gasteiger partial charge >= 0.3 is 0 Å². The van der Waals surface area contributed by atoms with Crippen molar-refractivity contribution in [3.63, 3.8) is 0 Å². The van der Waals surface area contributed by atoms with Crippen LogP contribution in [0.15, 0.2) is 40.6 Å². The molecular weight excluding hydrogens is 360 g/mol. The average Bonchev–Trinajstić information content (AvgIpc) is 3.13. The van der Waals surface area contributed by atoms with Crippen molar-refractivity contribution in [3.8, 4) is 0 Å². The van der Waals surface area contributed by atoms with Crippen molar-refractivity contribution >= 4 is 0 Å². The number of hydrogen-bond acceptors (Lipinski definition) is 5. The molecule has 2 heterocycles. The van der Waals surface area contributed by atoms with E-state index in [1.807, 2.05) is 12.4 Å². The van der Waals surface area contributed by atoms with Crippen LogP contribution in [0.25, 0.3) is 0 Å². The van der Waals surface area contributed by atoms with Crippen LogP contribution in [-0.2, 0) is 18.4 Å². The zero-order chi connectivity index (χ0) is 21.0. The lowest BCUT2D eigenvalue weighted by Gasteiger charge is -2.37. The lowest BCUT2D eigenvalue weighted by atomic mass is 9.70. The van der Waals surface area contributed by atoms with E-state index in [0.29, 0.717) is 23.7 Å². The summed E-state index contributed by atoms with van der Waals surface area (Å²) in [6.07, 6.45) is 8.21. The number of pyridine rings is 1. The van der Waals surface area contributed by atoms with Crippen molar-refractivity contribution in [1.82, 2.24) is 20.5 Å². The summed E-state index contributed by atoms with van der Waals surface area (Å²) in [6.45, 7) is 15.2. The molecule has 0 amide bonds. The molecule has 0 spiro atoms. The zero-order valence-electron chi connectivity index (χ0n) is 18.8. The van der Waals surface area contributed by atoms with E-state index in [4.69, 9.17) is 4.42 Å². The summed E-state index contributed by atoms with van der Waals surface area (Å²) in [5, 5.41) is 12.2. The fraction of sp³-hybridized carbons (Fsp3) is 0.625. The van der Waals surface area contributed by atoms with E-state index in [-0.39, 0.29) is 5.41 Å². The van der Waals surface area contributed by atoms with E-state index in [1.165, 1.54) is 17.6 Å². The first-order valence-corrected chi connectivity index (χ1v) is 10.8. The molecule has 1 N–H and O–H groups in total. The third-order valence-electron chi connectivity index (χ3n) is 6.07. The minimum Gasteiger partial charge on any atom is -0.425 e. The van der Waals surface area contributed by atoms with Gasteiger partial charge in [0.25, 0.3) is 0 Å². The van der Waals surface area contributed by atoms with E-state index in [1.54, 1.807) is 0 Å². The summed E-state index contributed by atoms with van der Waals surface area (Å²) in [6, 6.07) is 4.14. The smallest absolute Gasteiger partial charge is 0.221 e. The molecule has 5 heteroatoms. The molecule has 0 fully saturated rings. The van der Waals surface area contributed by atoms with Crippen molar-refractivity contribution in [3.05, 3.63) is 53.5 Å². The number of hydrogen-bond donors (Lipinski definition) is 1. The van der Waals surface area contributed by atoms with Crippen LogP contribution in [0.3, 0.4) is 0 Å². The van der Waals surface area contributed by atoms with Crippen molar-refractivity contribution in [2.24, 2.45) is 23.7 Å². The summed E-state index contributed by atoms with van der Waals surface area (Å²) in [4.78, 5) is 4.09. The fourth-order valence-corrected chi connectivity index (χ4v) is 4.24. The predicted molar refractivity (Wildman–Crippen MR) is 116 cm³/mol. The Bertz CT molecular complexity index is 804. The van der Waals surface area contributed by atoms with Crippen LogP contribution in [0.5, 0.6) is 0 Å². The maximum Gasteiger partial charge on any atom is 0.221 e. The molecule has 0 saturated heterocycles. The molecule has 29 heavy (non-hydrogen) atoms. The summed E-state index contributed by atoms with van der Waals surface area (Å²) in [5.41, 5.74) is 2.63. The van der Waals surface area contributed by atoms with Gasteiger partial charge in [-0.05, 0) is 54.7 Å². The molecule has 0 bridgehead atoms. The first kappa shape index (κ1) is 21.7. The Labute approximate surface area is 175 Å². The molecule has 2 aromatic heterocycles. The molecule has 2 aromatic rings. The number of allylic oxidation sites excluding steroid dienone is 1. The van der Waals surface area contributed by atoms with Crippen LogP contribution in [0.2, 0.25) is 0 Å². The van der Waals surface area contributed by atoms with E-state index < -0.39 is 0 Å². The summed E-state index contributed by atoms with van der Waals surface area (Å²) >= 11 is 0. The highest BCUT2D eigenvalue weighted by Crippen LogP contribution is 2.38. The minimum atomic E-state index is -0.102. The zero-order valence-corrected chi connectivity index (χ0v) is 18.8. The van der Waals surface area contributed by atoms with E-state index in [2.05, 4.69) is 80.2 Å². The van der Waals surface area contributed by atoms with Crippen LogP contribution in [-0.4, -0.2) is 21.7 Å². The lowest BCUT2D eigenvalue weighted by Crippen LogP contribution is -2.34. The van der Waals surface area contributed by atoms with E-state index >= 15 is 0 Å². The topological polar surface area (TPSA) is 63.8 Å². The van der Waals surface area contributed by atoms with Gasteiger partial charge in [0.1, 0.15) is 0 Å². The molecule has 0 radical (unpaired) electrons. The molecule has 0 aliphatic heterocycles. The Morgan fingerprint density at radius 1 is 1.17 bits per heavy atom. The Hall–Kier alpha value is -2.01. The summed E-state index contributed by atoms with van der Waals surface area (Å²) in [5.74, 6) is 3.82. The lowest BCUT2D eigenvalue weighted by molar-refractivity contribution is 0.217. The Morgan fingerprint density at radius 2 is 1.90 bits per heavy atom. The quantitative estimate of drug-likeness (QED) is 0.671. The van der Waals surface area contributed by atoms with E-state index in [9.17, 15) is 0 Å². The molecule has 0 aromatic carbocycles. The third kappa shape index (κ3) is 5.75. The fourth-order valence-electron chi connectivity index (χ4n) is 4.24. The highest BCUT2D eigenvalue weighted by molar-refractivity contribution is 5.15. The van der Waals surface area contributed by atoms with Gasteiger partial charge in [-0.3, -0.25) is 4.98 Å². The molecule has 1 aliphatic rings.